The number of benzene rings is 1. The fourth-order valence-corrected chi connectivity index (χ4v) is 5.47. The van der Waals surface area contributed by atoms with E-state index in [-0.39, 0.29) is 45.3 Å². The molecule has 1 fully saturated rings. The Morgan fingerprint density at radius 3 is 2.60 bits per heavy atom. The van der Waals surface area contributed by atoms with Gasteiger partial charge in [0.15, 0.2) is 16.5 Å². The second kappa shape index (κ2) is 8.52. The zero-order valence-corrected chi connectivity index (χ0v) is 19.4. The Hall–Kier alpha value is -3.67. The Kier molecular flexibility index (Phi) is 5.62. The Morgan fingerprint density at radius 1 is 1.23 bits per heavy atom. The molecular formula is C23H20F3N5O3S. The first-order valence-corrected chi connectivity index (χ1v) is 11.7. The van der Waals surface area contributed by atoms with Crippen LogP contribution in [0, 0.1) is 23.4 Å². The zero-order valence-electron chi connectivity index (χ0n) is 18.5. The van der Waals surface area contributed by atoms with Gasteiger partial charge in [0, 0.05) is 43.4 Å². The van der Waals surface area contributed by atoms with Gasteiger partial charge in [0.25, 0.3) is 5.91 Å². The van der Waals surface area contributed by atoms with Gasteiger partial charge < -0.3 is 10.0 Å². The minimum atomic E-state index is -1.05. The van der Waals surface area contributed by atoms with E-state index >= 15 is 0 Å². The van der Waals surface area contributed by atoms with E-state index in [0.29, 0.717) is 31.6 Å². The molecule has 12 heteroatoms. The maximum Gasteiger partial charge on any atom is 0.278 e. The van der Waals surface area contributed by atoms with Crippen molar-refractivity contribution in [1.82, 2.24) is 19.8 Å². The van der Waals surface area contributed by atoms with Crippen molar-refractivity contribution in [2.24, 2.45) is 5.92 Å². The molecule has 0 spiro atoms. The summed E-state index contributed by atoms with van der Waals surface area (Å²) in [5.74, 6) is -4.21. The molecule has 1 amide bonds. The number of carbonyl (C=O) groups is 1. The number of rotatable bonds is 5. The van der Waals surface area contributed by atoms with Crippen LogP contribution < -0.4 is 10.4 Å². The molecule has 4 heterocycles. The Labute approximate surface area is 201 Å². The smallest absolute Gasteiger partial charge is 0.278 e. The summed E-state index contributed by atoms with van der Waals surface area (Å²) in [6.45, 7) is 6.60. The van der Waals surface area contributed by atoms with E-state index in [0.717, 1.165) is 11.3 Å². The minimum Gasteiger partial charge on any atom is -0.502 e. The maximum absolute atomic E-state index is 14.1. The van der Waals surface area contributed by atoms with E-state index in [1.54, 1.807) is 4.90 Å². The van der Waals surface area contributed by atoms with Crippen LogP contribution >= 0.6 is 11.3 Å². The molecular weight excluding hydrogens is 483 g/mol. The van der Waals surface area contributed by atoms with Gasteiger partial charge in [0.05, 0.1) is 5.56 Å². The lowest BCUT2D eigenvalue weighted by Crippen LogP contribution is -2.58. The van der Waals surface area contributed by atoms with Gasteiger partial charge in [-0.25, -0.2) is 13.2 Å². The third kappa shape index (κ3) is 3.68. The predicted molar refractivity (Wildman–Crippen MR) is 122 cm³/mol. The summed E-state index contributed by atoms with van der Waals surface area (Å²) in [6, 6.07) is 1.15. The van der Waals surface area contributed by atoms with E-state index in [2.05, 4.69) is 16.8 Å². The Balaban J connectivity index is 1.56. The molecule has 1 aromatic carbocycles. The van der Waals surface area contributed by atoms with Crippen LogP contribution in [0.3, 0.4) is 0 Å². The number of fused-ring (bicyclic) bond motifs is 3. The summed E-state index contributed by atoms with van der Waals surface area (Å²) >= 11 is 0.908. The van der Waals surface area contributed by atoms with Crippen molar-refractivity contribution in [3.63, 3.8) is 0 Å². The molecule has 35 heavy (non-hydrogen) atoms. The average Bonchev–Trinajstić information content (AvgIpc) is 3.45. The average molecular weight is 504 g/mol. The van der Waals surface area contributed by atoms with E-state index in [1.165, 1.54) is 10.9 Å². The molecule has 1 N–H and O–H groups in total. The van der Waals surface area contributed by atoms with Crippen LogP contribution in [0.2, 0.25) is 0 Å². The molecule has 2 atom stereocenters. The maximum atomic E-state index is 14.1. The predicted octanol–water partition coefficient (Wildman–Crippen LogP) is 3.03. The summed E-state index contributed by atoms with van der Waals surface area (Å²) in [6.07, 6.45) is 3.33. The highest BCUT2D eigenvalue weighted by Gasteiger charge is 2.44. The number of hydrogen-bond donors (Lipinski definition) is 1. The second-order valence-corrected chi connectivity index (χ2v) is 9.43. The quantitative estimate of drug-likeness (QED) is 0.539. The van der Waals surface area contributed by atoms with Crippen molar-refractivity contribution < 1.29 is 23.1 Å². The number of amides is 1. The third-order valence-corrected chi connectivity index (χ3v) is 7.31. The lowest BCUT2D eigenvalue weighted by atomic mass is 10.1. The normalized spacial score (nSPS) is 19.1. The summed E-state index contributed by atoms with van der Waals surface area (Å²) < 4.78 is 42.8. The summed E-state index contributed by atoms with van der Waals surface area (Å²) in [4.78, 5) is 27.8. The van der Waals surface area contributed by atoms with E-state index in [9.17, 15) is 27.9 Å². The summed E-state index contributed by atoms with van der Waals surface area (Å²) in [7, 11) is 0. The molecule has 2 aliphatic heterocycles. The minimum absolute atomic E-state index is 0.00592. The third-order valence-electron chi connectivity index (χ3n) is 6.35. The molecule has 3 aromatic rings. The van der Waals surface area contributed by atoms with Crippen LogP contribution in [0.15, 0.2) is 35.8 Å². The van der Waals surface area contributed by atoms with Crippen molar-refractivity contribution in [2.45, 2.75) is 25.9 Å². The van der Waals surface area contributed by atoms with Gasteiger partial charge in [-0.2, -0.15) is 0 Å². The molecule has 2 aromatic heterocycles. The molecule has 5 rings (SSSR count). The molecule has 1 saturated heterocycles. The van der Waals surface area contributed by atoms with E-state index in [1.807, 2.05) is 18.0 Å². The number of hydrogen-bond acceptors (Lipinski definition) is 7. The van der Waals surface area contributed by atoms with Crippen LogP contribution in [0.4, 0.5) is 13.2 Å². The number of pyridine rings is 1. The molecule has 0 saturated carbocycles. The molecule has 0 unspecified atom stereocenters. The number of aromatic hydroxyl groups is 1. The first kappa shape index (κ1) is 23.1. The fraction of sp³-hybridized carbons (Fsp3) is 0.304. The highest BCUT2D eigenvalue weighted by atomic mass is 32.1. The van der Waals surface area contributed by atoms with Gasteiger partial charge >= 0.3 is 0 Å². The van der Waals surface area contributed by atoms with Gasteiger partial charge in [-0.05, 0) is 19.3 Å². The SMILES string of the molecule is C=C[C@H]1C[C@@H]2N(CC)C(=O)c3c(O)c(=O)c(-c4nnc(Cc5c(F)cc(F)cc5F)s4)cn3N2C1. The number of aromatic nitrogens is 3. The standard InChI is InChI=1S/C23H20F3N5O3S/c1-3-11-5-18-29(4-2)23(34)19-21(33)20(32)14(10-31(19)30(18)9-11)22-28-27-17(35-22)8-13-15(25)6-12(24)7-16(13)26/h3,6-7,10-11,18,33H,1,4-5,8-9H2,2H3/t11-,18+/m0/s1. The van der Waals surface area contributed by atoms with Gasteiger partial charge in [0.1, 0.15) is 28.6 Å². The Bertz CT molecular complexity index is 1400. The van der Waals surface area contributed by atoms with Crippen LogP contribution in [-0.2, 0) is 6.42 Å². The molecule has 2 aliphatic rings. The Morgan fingerprint density at radius 2 is 1.94 bits per heavy atom. The van der Waals surface area contributed by atoms with Gasteiger partial charge in [-0.3, -0.25) is 19.3 Å². The number of nitrogens with zero attached hydrogens (tertiary/aromatic N) is 5. The number of halogens is 3. The molecule has 0 radical (unpaired) electrons. The van der Waals surface area contributed by atoms with Crippen LogP contribution in [0.25, 0.3) is 10.6 Å². The lowest BCUT2D eigenvalue weighted by molar-refractivity contribution is 0.0607. The van der Waals surface area contributed by atoms with Gasteiger partial charge in [0.2, 0.25) is 5.43 Å². The van der Waals surface area contributed by atoms with Crippen molar-refractivity contribution in [1.29, 1.82) is 0 Å². The van der Waals surface area contributed by atoms with Crippen LogP contribution in [-0.4, -0.2) is 50.0 Å². The zero-order chi connectivity index (χ0) is 25.0. The first-order valence-electron chi connectivity index (χ1n) is 10.9. The molecule has 8 nitrogen and oxygen atoms in total. The summed E-state index contributed by atoms with van der Waals surface area (Å²) in [5.41, 5.74) is -1.32. The van der Waals surface area contributed by atoms with E-state index < -0.39 is 34.5 Å². The van der Waals surface area contributed by atoms with Gasteiger partial charge in [-0.15, -0.1) is 16.8 Å². The molecule has 0 bridgehead atoms. The van der Waals surface area contributed by atoms with Crippen molar-refractivity contribution in [3.05, 3.63) is 74.9 Å². The summed E-state index contributed by atoms with van der Waals surface area (Å²) in [5, 5.41) is 20.8. The first-order chi connectivity index (χ1) is 16.7. The monoisotopic (exact) mass is 503 g/mol. The largest absolute Gasteiger partial charge is 0.502 e. The van der Waals surface area contributed by atoms with Crippen molar-refractivity contribution in [2.75, 3.05) is 18.1 Å². The van der Waals surface area contributed by atoms with Crippen molar-refractivity contribution >= 4 is 17.2 Å². The second-order valence-electron chi connectivity index (χ2n) is 8.36. The lowest BCUT2D eigenvalue weighted by Gasteiger charge is -2.42. The van der Waals surface area contributed by atoms with Crippen LogP contribution in [0.5, 0.6) is 5.75 Å². The van der Waals surface area contributed by atoms with Gasteiger partial charge in [-0.1, -0.05) is 17.4 Å². The highest BCUT2D eigenvalue weighted by molar-refractivity contribution is 7.14. The highest BCUT2D eigenvalue weighted by Crippen LogP contribution is 2.35. The molecule has 0 aliphatic carbocycles. The topological polar surface area (TPSA) is 91.6 Å². The number of carbonyl (C=O) groups excluding carboxylic acids is 1. The van der Waals surface area contributed by atoms with E-state index in [4.69, 9.17) is 0 Å². The molecule has 182 valence electrons. The van der Waals surface area contributed by atoms with Crippen LogP contribution in [0.1, 0.15) is 34.4 Å². The van der Waals surface area contributed by atoms with Crippen molar-refractivity contribution in [3.8, 4) is 16.3 Å². The fourth-order valence-electron chi connectivity index (χ4n) is 4.61.